The van der Waals surface area contributed by atoms with Crippen molar-refractivity contribution >= 4 is 12.5 Å². The van der Waals surface area contributed by atoms with Gasteiger partial charge in [0.05, 0.1) is 0 Å². The van der Waals surface area contributed by atoms with Gasteiger partial charge in [0.2, 0.25) is 0 Å². The van der Waals surface area contributed by atoms with Crippen molar-refractivity contribution in [3.05, 3.63) is 60.7 Å². The number of nitrogens with zero attached hydrogens (tertiary/aromatic N) is 1. The van der Waals surface area contributed by atoms with Crippen molar-refractivity contribution in [3.8, 4) is 11.1 Å². The maximum atomic E-state index is 9.10. The first kappa shape index (κ1) is 12.6. The fourth-order valence-corrected chi connectivity index (χ4v) is 1.29. The maximum absolute atomic E-state index is 9.10. The van der Waals surface area contributed by atoms with E-state index in [0.29, 0.717) is 6.29 Å². The van der Waals surface area contributed by atoms with Crippen LogP contribution in [0.15, 0.2) is 65.8 Å². The van der Waals surface area contributed by atoms with Gasteiger partial charge in [-0.3, -0.25) is 4.79 Å². The van der Waals surface area contributed by atoms with Crippen molar-refractivity contribution in [2.45, 2.75) is 0 Å². The molecular weight excluding hydrogens is 214 g/mol. The Bertz CT molecular complexity index is 415. The number of rotatable bonds is 2. The predicted octanol–water partition coefficient (Wildman–Crippen LogP) is 3.00. The van der Waals surface area contributed by atoms with Gasteiger partial charge in [0.15, 0.2) is 6.29 Å². The fraction of sp³-hybridized carbons (Fsp3) is 0. The van der Waals surface area contributed by atoms with Gasteiger partial charge in [-0.2, -0.15) is 0 Å². The van der Waals surface area contributed by atoms with Crippen LogP contribution in [0.2, 0.25) is 0 Å². The Kier molecular flexibility index (Phi) is 5.82. The average Bonchev–Trinajstić information content (AvgIpc) is 2.42. The summed E-state index contributed by atoms with van der Waals surface area (Å²) in [5, 5.41) is 9.77. The molecule has 0 amide bonds. The van der Waals surface area contributed by atoms with Gasteiger partial charge >= 0.3 is 0 Å². The summed E-state index contributed by atoms with van der Waals surface area (Å²) in [6.07, 6.45) is 1.14. The molecule has 0 aliphatic carbocycles. The summed E-state index contributed by atoms with van der Waals surface area (Å²) < 4.78 is 0. The van der Waals surface area contributed by atoms with E-state index in [1.165, 1.54) is 11.1 Å². The zero-order chi connectivity index (χ0) is 12.3. The van der Waals surface area contributed by atoms with Gasteiger partial charge in [0, 0.05) is 0 Å². The Morgan fingerprint density at radius 2 is 1.24 bits per heavy atom. The van der Waals surface area contributed by atoms with Gasteiger partial charge < -0.3 is 5.21 Å². The molecule has 0 unspecified atom stereocenters. The second-order valence-electron chi connectivity index (χ2n) is 3.13. The fourth-order valence-electron chi connectivity index (χ4n) is 1.29. The van der Waals surface area contributed by atoms with E-state index in [9.17, 15) is 0 Å². The summed E-state index contributed by atoms with van der Waals surface area (Å²) in [4.78, 5) is 9.10. The van der Waals surface area contributed by atoms with Gasteiger partial charge in [-0.25, -0.2) is 0 Å². The maximum Gasteiger partial charge on any atom is 0.164 e. The van der Waals surface area contributed by atoms with Crippen LogP contribution in [-0.2, 0) is 4.79 Å². The topological polar surface area (TPSA) is 49.7 Å². The molecule has 0 aromatic heterocycles. The Labute approximate surface area is 100 Å². The average molecular weight is 227 g/mol. The van der Waals surface area contributed by atoms with E-state index in [1.54, 1.807) is 0 Å². The standard InChI is InChI=1S/C12H10.C2H3NO2/c1-3-7-11(8-4-1)12-9-5-2-6-10-12;4-2-1-3-5/h1-10H;1-2,5H. The van der Waals surface area contributed by atoms with E-state index in [2.05, 4.69) is 53.7 Å². The normalized spacial score (nSPS) is 9.41. The summed E-state index contributed by atoms with van der Waals surface area (Å²) >= 11 is 0. The second-order valence-corrected chi connectivity index (χ2v) is 3.13. The smallest absolute Gasteiger partial charge is 0.164 e. The third-order valence-corrected chi connectivity index (χ3v) is 2.01. The molecule has 0 aliphatic heterocycles. The Hall–Kier alpha value is -2.42. The molecule has 1 N–H and O–H groups in total. The molecule has 0 fully saturated rings. The highest BCUT2D eigenvalue weighted by atomic mass is 16.4. The van der Waals surface area contributed by atoms with Crippen LogP contribution >= 0.6 is 0 Å². The number of carbonyl (C=O) groups is 1. The summed E-state index contributed by atoms with van der Waals surface area (Å²) in [6, 6.07) is 20.8. The minimum atomic E-state index is 0.389. The number of carbonyl (C=O) groups excluding carboxylic acids is 1. The molecule has 2 rings (SSSR count). The van der Waals surface area contributed by atoms with Crippen molar-refractivity contribution in [2.75, 3.05) is 0 Å². The van der Waals surface area contributed by atoms with Crippen LogP contribution in [-0.4, -0.2) is 17.7 Å². The van der Waals surface area contributed by atoms with Crippen LogP contribution in [0.5, 0.6) is 0 Å². The summed E-state index contributed by atoms with van der Waals surface area (Å²) in [5.41, 5.74) is 2.55. The van der Waals surface area contributed by atoms with Crippen molar-refractivity contribution in [2.24, 2.45) is 5.16 Å². The van der Waals surface area contributed by atoms with Crippen molar-refractivity contribution in [1.82, 2.24) is 0 Å². The molecule has 0 saturated heterocycles. The van der Waals surface area contributed by atoms with Crippen LogP contribution in [0.3, 0.4) is 0 Å². The van der Waals surface area contributed by atoms with Crippen LogP contribution < -0.4 is 0 Å². The summed E-state index contributed by atoms with van der Waals surface area (Å²) in [7, 11) is 0. The molecule has 0 saturated carbocycles. The lowest BCUT2D eigenvalue weighted by Crippen LogP contribution is -1.73. The van der Waals surface area contributed by atoms with Gasteiger partial charge in [-0.05, 0) is 11.1 Å². The molecule has 2 aromatic rings. The number of hydrogen-bond acceptors (Lipinski definition) is 3. The molecule has 0 spiro atoms. The molecular formula is C14H13NO2. The van der Waals surface area contributed by atoms with Crippen molar-refractivity contribution in [3.63, 3.8) is 0 Å². The molecule has 3 nitrogen and oxygen atoms in total. The van der Waals surface area contributed by atoms with E-state index < -0.39 is 0 Å². The quantitative estimate of drug-likeness (QED) is 0.371. The van der Waals surface area contributed by atoms with Crippen LogP contribution in [0.25, 0.3) is 11.1 Å². The van der Waals surface area contributed by atoms with E-state index >= 15 is 0 Å². The largest absolute Gasteiger partial charge is 0.411 e. The minimum Gasteiger partial charge on any atom is -0.411 e. The molecule has 86 valence electrons. The zero-order valence-electron chi connectivity index (χ0n) is 9.23. The first-order chi connectivity index (χ1) is 8.38. The predicted molar refractivity (Wildman–Crippen MR) is 68.2 cm³/mol. The molecule has 0 atom stereocenters. The number of aldehydes is 1. The van der Waals surface area contributed by atoms with Gasteiger partial charge in [0.1, 0.15) is 6.21 Å². The Balaban J connectivity index is 0.000000249. The summed E-state index contributed by atoms with van der Waals surface area (Å²) in [5.74, 6) is 0. The molecule has 0 aliphatic rings. The number of hydrogen-bond donors (Lipinski definition) is 1. The zero-order valence-corrected chi connectivity index (χ0v) is 9.23. The van der Waals surface area contributed by atoms with Gasteiger partial charge in [-0.15, -0.1) is 0 Å². The third-order valence-electron chi connectivity index (χ3n) is 2.01. The van der Waals surface area contributed by atoms with Crippen molar-refractivity contribution < 1.29 is 10.0 Å². The third kappa shape index (κ3) is 4.75. The molecule has 2 aromatic carbocycles. The molecule has 0 heterocycles. The Morgan fingerprint density at radius 1 is 0.824 bits per heavy atom. The summed E-state index contributed by atoms with van der Waals surface area (Å²) in [6.45, 7) is 0. The lowest BCUT2D eigenvalue weighted by Gasteiger charge is -1.98. The van der Waals surface area contributed by atoms with E-state index in [-0.39, 0.29) is 0 Å². The molecule has 0 bridgehead atoms. The minimum absolute atomic E-state index is 0.389. The van der Waals surface area contributed by atoms with Gasteiger partial charge in [-0.1, -0.05) is 65.8 Å². The highest BCUT2D eigenvalue weighted by molar-refractivity contribution is 6.12. The second kappa shape index (κ2) is 7.82. The lowest BCUT2D eigenvalue weighted by atomic mass is 10.1. The highest BCUT2D eigenvalue weighted by Crippen LogP contribution is 2.17. The molecule has 0 radical (unpaired) electrons. The van der Waals surface area contributed by atoms with Crippen LogP contribution in [0, 0.1) is 0 Å². The number of benzene rings is 2. The number of oxime groups is 1. The van der Waals surface area contributed by atoms with Crippen molar-refractivity contribution in [1.29, 1.82) is 0 Å². The Morgan fingerprint density at radius 3 is 1.47 bits per heavy atom. The van der Waals surface area contributed by atoms with E-state index in [4.69, 9.17) is 10.0 Å². The van der Waals surface area contributed by atoms with E-state index in [1.807, 2.05) is 12.1 Å². The van der Waals surface area contributed by atoms with Crippen LogP contribution in [0.1, 0.15) is 0 Å². The molecule has 3 heteroatoms. The first-order valence-electron chi connectivity index (χ1n) is 5.10. The first-order valence-corrected chi connectivity index (χ1v) is 5.10. The SMILES string of the molecule is O=CC=NO.c1ccc(-c2ccccc2)cc1. The van der Waals surface area contributed by atoms with Gasteiger partial charge in [0.25, 0.3) is 0 Å². The van der Waals surface area contributed by atoms with Crippen LogP contribution in [0.4, 0.5) is 0 Å². The highest BCUT2D eigenvalue weighted by Gasteiger charge is 1.91. The molecule has 17 heavy (non-hydrogen) atoms. The monoisotopic (exact) mass is 227 g/mol. The lowest BCUT2D eigenvalue weighted by molar-refractivity contribution is -0.102. The van der Waals surface area contributed by atoms with E-state index in [0.717, 1.165) is 6.21 Å².